The Balaban J connectivity index is 1.94. The summed E-state index contributed by atoms with van der Waals surface area (Å²) in [5.41, 5.74) is 2.22. The maximum absolute atomic E-state index is 12.5. The predicted molar refractivity (Wildman–Crippen MR) is 108 cm³/mol. The minimum Gasteiger partial charge on any atom is -0.494 e. The average Bonchev–Trinajstić information content (AvgIpc) is 2.96. The third-order valence-corrected chi connectivity index (χ3v) is 5.21. The zero-order valence-corrected chi connectivity index (χ0v) is 16.5. The van der Waals surface area contributed by atoms with Crippen LogP contribution in [0.3, 0.4) is 0 Å². The van der Waals surface area contributed by atoms with Crippen molar-refractivity contribution in [3.05, 3.63) is 73.9 Å². The van der Waals surface area contributed by atoms with Crippen molar-refractivity contribution in [3.8, 4) is 17.0 Å². The van der Waals surface area contributed by atoms with Crippen LogP contribution in [-0.2, 0) is 7.05 Å². The van der Waals surface area contributed by atoms with Gasteiger partial charge in [0.2, 0.25) is 0 Å². The molecule has 0 bridgehead atoms. The lowest BCUT2D eigenvalue weighted by Crippen LogP contribution is -2.14. The number of nitro groups is 1. The van der Waals surface area contributed by atoms with Crippen LogP contribution in [0.5, 0.6) is 5.75 Å². The topological polar surface area (TPSA) is 86.7 Å². The van der Waals surface area contributed by atoms with Crippen molar-refractivity contribution in [2.45, 2.75) is 13.8 Å². The summed E-state index contributed by atoms with van der Waals surface area (Å²) in [6, 6.07) is 13.2. The molecule has 0 unspecified atom stereocenters. The summed E-state index contributed by atoms with van der Waals surface area (Å²) in [6.45, 7) is 4.52. The third kappa shape index (κ3) is 4.01. The van der Waals surface area contributed by atoms with E-state index in [9.17, 15) is 14.9 Å². The predicted octanol–water partition coefficient (Wildman–Crippen LogP) is 4.11. The number of amides is 1. The number of hydrogen-bond acceptors (Lipinski definition) is 5. The number of aromatic nitrogens is 1. The van der Waals surface area contributed by atoms with Gasteiger partial charge in [0.25, 0.3) is 11.6 Å². The molecule has 0 N–H and O–H groups in total. The molecule has 0 saturated heterocycles. The summed E-state index contributed by atoms with van der Waals surface area (Å²) < 4.78 is 7.35. The maximum Gasteiger partial charge on any atom is 0.279 e. The lowest BCUT2D eigenvalue weighted by Gasteiger charge is -2.07. The largest absolute Gasteiger partial charge is 0.494 e. The fraction of sp³-hybridized carbons (Fsp3) is 0.200. The van der Waals surface area contributed by atoms with E-state index < -0.39 is 10.8 Å². The van der Waals surface area contributed by atoms with Crippen LogP contribution in [0.15, 0.2) is 53.5 Å². The van der Waals surface area contributed by atoms with Crippen LogP contribution in [0.1, 0.15) is 22.2 Å². The van der Waals surface area contributed by atoms with E-state index in [4.69, 9.17) is 4.74 Å². The Morgan fingerprint density at radius 3 is 2.39 bits per heavy atom. The second-order valence-electron chi connectivity index (χ2n) is 6.03. The van der Waals surface area contributed by atoms with Crippen molar-refractivity contribution in [2.75, 3.05) is 6.61 Å². The number of benzene rings is 2. The molecular formula is C20H19N3O4S. The SMILES string of the molecule is CCOc1ccc(-c2c(C)sc(=NC(=O)c3ccc([N+](=O)[O-])cc3)n2C)cc1. The standard InChI is InChI=1S/C20H19N3O4S/c1-4-27-17-11-7-14(8-12-17)18-13(2)28-20(22(18)3)21-19(24)15-5-9-16(10-6-15)23(25)26/h5-12H,4H2,1-3H3. The van der Waals surface area contributed by atoms with Gasteiger partial charge in [0.05, 0.1) is 17.2 Å². The van der Waals surface area contributed by atoms with Gasteiger partial charge >= 0.3 is 0 Å². The zero-order chi connectivity index (χ0) is 20.3. The number of carbonyl (C=O) groups is 1. The first kappa shape index (κ1) is 19.5. The fourth-order valence-electron chi connectivity index (χ4n) is 2.83. The van der Waals surface area contributed by atoms with E-state index in [1.165, 1.54) is 35.6 Å². The van der Waals surface area contributed by atoms with Gasteiger partial charge < -0.3 is 9.30 Å². The van der Waals surface area contributed by atoms with E-state index in [0.29, 0.717) is 17.0 Å². The molecule has 1 aromatic heterocycles. The molecule has 0 fully saturated rings. The molecule has 0 spiro atoms. The van der Waals surface area contributed by atoms with E-state index in [0.717, 1.165) is 21.9 Å². The van der Waals surface area contributed by atoms with Gasteiger partial charge in [-0.15, -0.1) is 11.3 Å². The Bertz CT molecular complexity index is 1080. The number of carbonyl (C=O) groups excluding carboxylic acids is 1. The fourth-order valence-corrected chi connectivity index (χ4v) is 3.82. The summed E-state index contributed by atoms with van der Waals surface area (Å²) in [5.74, 6) is 0.366. The molecule has 1 amide bonds. The van der Waals surface area contributed by atoms with Gasteiger partial charge in [-0.05, 0) is 55.8 Å². The lowest BCUT2D eigenvalue weighted by molar-refractivity contribution is -0.384. The van der Waals surface area contributed by atoms with E-state index in [1.807, 2.05) is 49.7 Å². The van der Waals surface area contributed by atoms with Gasteiger partial charge in [0, 0.05) is 29.6 Å². The molecule has 0 aliphatic carbocycles. The summed E-state index contributed by atoms with van der Waals surface area (Å²) in [7, 11) is 1.86. The number of non-ortho nitro benzene ring substituents is 1. The van der Waals surface area contributed by atoms with Crippen molar-refractivity contribution in [2.24, 2.45) is 12.0 Å². The highest BCUT2D eigenvalue weighted by molar-refractivity contribution is 7.09. The van der Waals surface area contributed by atoms with E-state index >= 15 is 0 Å². The van der Waals surface area contributed by atoms with Gasteiger partial charge in [-0.3, -0.25) is 14.9 Å². The molecule has 0 saturated carbocycles. The van der Waals surface area contributed by atoms with Crippen molar-refractivity contribution in [3.63, 3.8) is 0 Å². The van der Waals surface area contributed by atoms with Gasteiger partial charge in [0.1, 0.15) is 5.75 Å². The number of ether oxygens (including phenoxy) is 1. The molecule has 8 heteroatoms. The number of thiazole rings is 1. The highest BCUT2D eigenvalue weighted by atomic mass is 32.1. The van der Waals surface area contributed by atoms with Crippen LogP contribution in [0, 0.1) is 17.0 Å². The molecule has 0 atom stereocenters. The maximum atomic E-state index is 12.5. The number of rotatable bonds is 5. The Hall–Kier alpha value is -3.26. The molecule has 1 heterocycles. The summed E-state index contributed by atoms with van der Waals surface area (Å²) in [6.07, 6.45) is 0. The first-order valence-corrected chi connectivity index (χ1v) is 9.45. The van der Waals surface area contributed by atoms with Gasteiger partial charge in [-0.1, -0.05) is 0 Å². The van der Waals surface area contributed by atoms with Crippen LogP contribution in [0.25, 0.3) is 11.3 Å². The molecule has 144 valence electrons. The molecule has 3 rings (SSSR count). The molecule has 3 aromatic rings. The van der Waals surface area contributed by atoms with Crippen LogP contribution in [-0.4, -0.2) is 22.0 Å². The number of aryl methyl sites for hydroxylation is 1. The van der Waals surface area contributed by atoms with Crippen molar-refractivity contribution in [1.82, 2.24) is 4.57 Å². The smallest absolute Gasteiger partial charge is 0.279 e. The van der Waals surface area contributed by atoms with E-state index in [2.05, 4.69) is 4.99 Å². The van der Waals surface area contributed by atoms with E-state index in [-0.39, 0.29) is 5.69 Å². The zero-order valence-electron chi connectivity index (χ0n) is 15.7. The summed E-state index contributed by atoms with van der Waals surface area (Å²) >= 11 is 1.42. The lowest BCUT2D eigenvalue weighted by atomic mass is 10.1. The highest BCUT2D eigenvalue weighted by Crippen LogP contribution is 2.26. The van der Waals surface area contributed by atoms with Gasteiger partial charge in [-0.2, -0.15) is 4.99 Å². The minimum absolute atomic E-state index is 0.0631. The number of hydrogen-bond donors (Lipinski definition) is 0. The quantitative estimate of drug-likeness (QED) is 0.479. The average molecular weight is 397 g/mol. The number of nitro benzene ring substituents is 1. The molecule has 28 heavy (non-hydrogen) atoms. The second-order valence-corrected chi connectivity index (χ2v) is 7.21. The van der Waals surface area contributed by atoms with Crippen LogP contribution in [0.4, 0.5) is 5.69 Å². The van der Waals surface area contributed by atoms with Crippen LogP contribution < -0.4 is 9.54 Å². The molecule has 2 aromatic carbocycles. The molecule has 0 aliphatic heterocycles. The van der Waals surface area contributed by atoms with Gasteiger partial charge in [-0.25, -0.2) is 0 Å². The molecule has 7 nitrogen and oxygen atoms in total. The normalized spacial score (nSPS) is 11.5. The summed E-state index contributed by atoms with van der Waals surface area (Å²) in [5, 5.41) is 10.7. The third-order valence-electron chi connectivity index (χ3n) is 4.16. The highest BCUT2D eigenvalue weighted by Gasteiger charge is 2.13. The molecule has 0 radical (unpaired) electrons. The Labute approximate surface area is 165 Å². The monoisotopic (exact) mass is 397 g/mol. The first-order chi connectivity index (χ1) is 13.4. The Morgan fingerprint density at radius 1 is 1.18 bits per heavy atom. The molecule has 0 aliphatic rings. The minimum atomic E-state index is -0.503. The Kier molecular flexibility index (Phi) is 5.70. The van der Waals surface area contributed by atoms with Crippen molar-refractivity contribution < 1.29 is 14.5 Å². The molecular weight excluding hydrogens is 378 g/mol. The van der Waals surface area contributed by atoms with Crippen LogP contribution in [0.2, 0.25) is 0 Å². The van der Waals surface area contributed by atoms with Crippen molar-refractivity contribution >= 4 is 22.9 Å². The summed E-state index contributed by atoms with van der Waals surface area (Å²) in [4.78, 5) is 28.5. The second kappa shape index (κ2) is 8.18. The van der Waals surface area contributed by atoms with Crippen molar-refractivity contribution in [1.29, 1.82) is 0 Å². The van der Waals surface area contributed by atoms with Gasteiger partial charge in [0.15, 0.2) is 4.80 Å². The van der Waals surface area contributed by atoms with E-state index in [1.54, 1.807) is 0 Å². The van der Waals surface area contributed by atoms with Crippen LogP contribution >= 0.6 is 11.3 Å². The Morgan fingerprint density at radius 2 is 1.82 bits per heavy atom. The first-order valence-electron chi connectivity index (χ1n) is 8.64. The number of nitrogens with zero attached hydrogens (tertiary/aromatic N) is 3.